The molecule has 0 saturated carbocycles. The van der Waals surface area contributed by atoms with Gasteiger partial charge >= 0.3 is 196 Å². The fourth-order valence-corrected chi connectivity index (χ4v) is 9.69. The summed E-state index contributed by atoms with van der Waals surface area (Å²) in [7, 11) is 4.54. The van der Waals surface area contributed by atoms with Crippen LogP contribution in [0.1, 0.15) is 13.8 Å². The molecule has 2 aromatic heterocycles. The van der Waals surface area contributed by atoms with E-state index in [0.717, 1.165) is 11.3 Å². The van der Waals surface area contributed by atoms with Crippen LogP contribution in [0.2, 0.25) is 17.3 Å². The summed E-state index contributed by atoms with van der Waals surface area (Å²) in [5, 5.41) is 15.0. The molecular weight excluding hydrogens is 751 g/mol. The average Bonchev–Trinajstić information content (AvgIpc) is 3.27. The molecule has 0 fully saturated rings. The van der Waals surface area contributed by atoms with Gasteiger partial charge in [-0.25, -0.2) is 0 Å². The second-order valence-electron chi connectivity index (χ2n) is 10.9. The van der Waals surface area contributed by atoms with Gasteiger partial charge in [-0.2, -0.15) is 0 Å². The van der Waals surface area contributed by atoms with Crippen LogP contribution in [-0.4, -0.2) is 24.2 Å². The van der Waals surface area contributed by atoms with Crippen molar-refractivity contribution in [1.29, 1.82) is 0 Å². The number of thiophene rings is 1. The first-order chi connectivity index (χ1) is 18.6. The van der Waals surface area contributed by atoms with Crippen LogP contribution in [0, 0.1) is 13.1 Å². The van der Waals surface area contributed by atoms with Crippen LogP contribution in [0.4, 0.5) is 0 Å². The van der Waals surface area contributed by atoms with Gasteiger partial charge in [-0.15, -0.1) is 0 Å². The number of fused-ring (bicyclic) bond motifs is 6. The number of ketones is 1. The van der Waals surface area contributed by atoms with E-state index < -0.39 is 13.3 Å². The summed E-state index contributed by atoms with van der Waals surface area (Å²) in [4.78, 5) is 10.0. The van der Waals surface area contributed by atoms with E-state index >= 15 is 0 Å². The summed E-state index contributed by atoms with van der Waals surface area (Å²) in [6.45, 7) is 2.85. The summed E-state index contributed by atoms with van der Waals surface area (Å²) in [5.41, 5.74) is 3.51. The number of aliphatic hydroxyl groups is 1. The van der Waals surface area contributed by atoms with Crippen molar-refractivity contribution in [2.75, 3.05) is 0 Å². The SMILES string of the molecule is CC(=O)/C=C(/C)O.[CH2-][n+]1c(-c2[c-]ccc3c2sc2ccccc23)c[c]([Ge]([CH3])([CH3])[CH3])c2c3ccccc3ccc21.[Ir]. The summed E-state index contributed by atoms with van der Waals surface area (Å²) >= 11 is -0.371. The van der Waals surface area contributed by atoms with Gasteiger partial charge in [-0.1, -0.05) is 0 Å². The van der Waals surface area contributed by atoms with Gasteiger partial charge in [0.2, 0.25) is 0 Å². The zero-order chi connectivity index (χ0) is 27.9. The van der Waals surface area contributed by atoms with Crippen molar-refractivity contribution >= 4 is 76.6 Å². The Labute approximate surface area is 255 Å². The molecule has 0 atom stereocenters. The number of benzene rings is 4. The first-order valence-corrected chi connectivity index (χ1v) is 21.1. The Morgan fingerprint density at radius 1 is 0.950 bits per heavy atom. The third-order valence-corrected chi connectivity index (χ3v) is 12.3. The molecule has 1 N–H and O–H groups in total. The molecule has 6 aromatic rings. The molecule has 0 amide bonds. The van der Waals surface area contributed by atoms with Gasteiger partial charge in [-0.3, -0.25) is 4.79 Å². The van der Waals surface area contributed by atoms with Crippen LogP contribution < -0.4 is 8.96 Å². The monoisotopic (exact) mass is 785 g/mol. The largest absolute Gasteiger partial charge is 0 e. The van der Waals surface area contributed by atoms with Crippen molar-refractivity contribution in [3.63, 3.8) is 0 Å². The first-order valence-electron chi connectivity index (χ1n) is 13.0. The fourth-order valence-electron chi connectivity index (χ4n) is 5.16. The Bertz CT molecular complexity index is 1910. The average molecular weight is 784 g/mol. The van der Waals surface area contributed by atoms with E-state index in [1.54, 1.807) is 0 Å². The van der Waals surface area contributed by atoms with E-state index in [4.69, 9.17) is 5.11 Å². The Morgan fingerprint density at radius 2 is 1.62 bits per heavy atom. The Hall–Kier alpha value is -2.96. The molecule has 205 valence electrons. The van der Waals surface area contributed by atoms with E-state index in [1.165, 1.54) is 66.2 Å². The Balaban J connectivity index is 0.000000413. The first kappa shape index (κ1) is 30.0. The summed E-state index contributed by atoms with van der Waals surface area (Å²) in [6, 6.07) is 32.2. The molecule has 40 heavy (non-hydrogen) atoms. The predicted molar refractivity (Wildman–Crippen MR) is 170 cm³/mol. The number of carbonyl (C=O) groups is 1. The molecule has 6 heteroatoms. The smallest absolute Gasteiger partial charge is 0 e. The maximum absolute atomic E-state index is 10.0. The molecule has 2 heterocycles. The van der Waals surface area contributed by atoms with Crippen molar-refractivity contribution in [1.82, 2.24) is 0 Å². The third-order valence-electron chi connectivity index (χ3n) is 6.85. The van der Waals surface area contributed by atoms with Crippen LogP contribution in [0.5, 0.6) is 0 Å². The van der Waals surface area contributed by atoms with Gasteiger partial charge in [0.05, 0.1) is 5.76 Å². The molecule has 0 bridgehead atoms. The van der Waals surface area contributed by atoms with E-state index in [2.05, 4.69) is 114 Å². The van der Waals surface area contributed by atoms with E-state index in [9.17, 15) is 4.79 Å². The van der Waals surface area contributed by atoms with Crippen LogP contribution in [-0.2, 0) is 24.9 Å². The number of aromatic nitrogens is 1. The number of hydrogen-bond acceptors (Lipinski definition) is 3. The quantitative estimate of drug-likeness (QED) is 0.0490. The second kappa shape index (κ2) is 11.9. The van der Waals surface area contributed by atoms with Crippen LogP contribution in [0.3, 0.4) is 0 Å². The predicted octanol–water partition coefficient (Wildman–Crippen LogP) is 8.34. The maximum atomic E-state index is 10.0. The number of rotatable bonds is 3. The zero-order valence-electron chi connectivity index (χ0n) is 23.3. The second-order valence-corrected chi connectivity index (χ2v) is 22.5. The summed E-state index contributed by atoms with van der Waals surface area (Å²) < 4.78 is 6.27. The van der Waals surface area contributed by atoms with Crippen molar-refractivity contribution in [2.24, 2.45) is 0 Å². The minimum Gasteiger partial charge on any atom is 0 e. The fraction of sp³-hybridized carbons (Fsp3) is 0.147. The van der Waals surface area contributed by atoms with Gasteiger partial charge in [0.1, 0.15) is 0 Å². The van der Waals surface area contributed by atoms with Crippen molar-refractivity contribution < 1.29 is 34.6 Å². The van der Waals surface area contributed by atoms with Gasteiger partial charge in [0, 0.05) is 26.2 Å². The standard InChI is InChI=1S/C29H24GeNS.C5H8O2.Ir/c1-30(2,3)24-18-26(31(4)25-17-16-19-10-5-6-11-20(19)28(24)25)23-14-9-13-22-21-12-7-8-15-27(21)32-29(22)23;1-4(6)3-5(2)7;/h5-13,15-18H,4H2,1-3H3;3,6H,1-2H3;/q-1;;/b;4-3-;. The van der Waals surface area contributed by atoms with Gasteiger partial charge in [0.25, 0.3) is 0 Å². The normalized spacial score (nSPS) is 11.9. The molecule has 6 rings (SSSR count). The minimum atomic E-state index is -2.23. The molecule has 3 nitrogen and oxygen atoms in total. The molecule has 0 saturated heterocycles. The van der Waals surface area contributed by atoms with E-state index in [1.807, 2.05) is 11.3 Å². The Morgan fingerprint density at radius 3 is 2.27 bits per heavy atom. The molecule has 0 aliphatic carbocycles. The maximum Gasteiger partial charge on any atom is 0 e. The number of allylic oxidation sites excluding steroid dienone is 2. The molecule has 0 aliphatic heterocycles. The molecule has 1 radical (unpaired) electrons. The van der Waals surface area contributed by atoms with Crippen molar-refractivity contribution in [2.45, 2.75) is 31.1 Å². The number of carbonyl (C=O) groups excluding carboxylic acids is 1. The van der Waals surface area contributed by atoms with E-state index in [-0.39, 0.29) is 31.6 Å². The Kier molecular flexibility index (Phi) is 8.91. The summed E-state index contributed by atoms with van der Waals surface area (Å²) in [6.07, 6.45) is 1.17. The van der Waals surface area contributed by atoms with Crippen molar-refractivity contribution in [3.05, 3.63) is 104 Å². The molecular formula is C34H32GeIrNO2S-. The molecule has 0 spiro atoms. The van der Waals surface area contributed by atoms with Crippen molar-refractivity contribution in [3.8, 4) is 11.3 Å². The van der Waals surface area contributed by atoms with Crippen LogP contribution >= 0.6 is 11.3 Å². The van der Waals surface area contributed by atoms with Crippen LogP contribution in [0.15, 0.2) is 90.7 Å². The summed E-state index contributed by atoms with van der Waals surface area (Å²) in [5.74, 6) is 7.39. The number of pyridine rings is 1. The topological polar surface area (TPSA) is 41.2 Å². The van der Waals surface area contributed by atoms with Gasteiger partial charge in [0.15, 0.2) is 5.78 Å². The number of aliphatic hydroxyl groups excluding tert-OH is 1. The van der Waals surface area contributed by atoms with E-state index in [0.29, 0.717) is 0 Å². The number of hydrogen-bond donors (Lipinski definition) is 1. The molecule has 4 aromatic carbocycles. The number of nitrogens with zero attached hydrogens (tertiary/aromatic N) is 1. The molecule has 0 aliphatic rings. The zero-order valence-corrected chi connectivity index (χ0v) is 28.6. The van der Waals surface area contributed by atoms with Gasteiger partial charge in [-0.05, 0) is 13.8 Å². The van der Waals surface area contributed by atoms with Crippen LogP contribution in [0.25, 0.3) is 53.1 Å². The minimum absolute atomic E-state index is 0. The van der Waals surface area contributed by atoms with Gasteiger partial charge < -0.3 is 5.11 Å². The molecule has 0 unspecified atom stereocenters. The third kappa shape index (κ3) is 5.75.